The number of amides is 3. The molecule has 0 radical (unpaired) electrons. The predicted octanol–water partition coefficient (Wildman–Crippen LogP) is 4.58. The van der Waals surface area contributed by atoms with Gasteiger partial charge in [0.1, 0.15) is 6.54 Å². The molecule has 0 spiro atoms. The van der Waals surface area contributed by atoms with E-state index in [1.54, 1.807) is 12.1 Å². The summed E-state index contributed by atoms with van der Waals surface area (Å²) in [7, 11) is 0. The van der Waals surface area contributed by atoms with Crippen molar-refractivity contribution in [1.29, 1.82) is 0 Å². The second kappa shape index (κ2) is 8.98. The molecule has 2 aromatic carbocycles. The van der Waals surface area contributed by atoms with E-state index in [4.69, 9.17) is 0 Å². The number of anilines is 2. The van der Waals surface area contributed by atoms with Gasteiger partial charge in [0.2, 0.25) is 5.91 Å². The van der Waals surface area contributed by atoms with Gasteiger partial charge in [-0.3, -0.25) is 19.3 Å². The molecule has 0 aromatic heterocycles. The Morgan fingerprint density at radius 2 is 1.74 bits per heavy atom. The van der Waals surface area contributed by atoms with Crippen LogP contribution in [-0.2, 0) is 9.59 Å². The average molecular weight is 436 g/mol. The Labute approximate surface area is 186 Å². The van der Waals surface area contributed by atoms with E-state index in [9.17, 15) is 14.4 Å². The van der Waals surface area contributed by atoms with E-state index >= 15 is 0 Å². The van der Waals surface area contributed by atoms with Crippen LogP contribution in [0.3, 0.4) is 0 Å². The van der Waals surface area contributed by atoms with Crippen molar-refractivity contribution in [2.45, 2.75) is 26.7 Å². The molecule has 0 bridgehead atoms. The molecule has 2 aliphatic rings. The molecular formula is C24H25N3O3S. The van der Waals surface area contributed by atoms with E-state index < -0.39 is 17.1 Å². The highest BCUT2D eigenvalue weighted by Crippen LogP contribution is 2.32. The maximum Gasteiger partial charge on any atom is 0.294 e. The normalized spacial score (nSPS) is 17.7. The molecule has 2 aromatic rings. The number of hydrogen-bond acceptors (Lipinski definition) is 5. The molecule has 2 saturated heterocycles. The van der Waals surface area contributed by atoms with Crippen LogP contribution >= 0.6 is 11.8 Å². The predicted molar refractivity (Wildman–Crippen MR) is 125 cm³/mol. The van der Waals surface area contributed by atoms with E-state index in [0.29, 0.717) is 10.6 Å². The molecular weight excluding hydrogens is 410 g/mol. The van der Waals surface area contributed by atoms with Gasteiger partial charge in [-0.1, -0.05) is 18.2 Å². The summed E-state index contributed by atoms with van der Waals surface area (Å²) in [6.07, 6.45) is 4.14. The van der Waals surface area contributed by atoms with Crippen LogP contribution in [-0.4, -0.2) is 41.6 Å². The zero-order valence-electron chi connectivity index (χ0n) is 17.7. The van der Waals surface area contributed by atoms with Crippen LogP contribution in [0.1, 0.15) is 29.5 Å². The number of nitrogens with one attached hydrogen (secondary N) is 1. The number of carbonyl (C=O) groups is 3. The van der Waals surface area contributed by atoms with Crippen molar-refractivity contribution in [2.24, 2.45) is 0 Å². The summed E-state index contributed by atoms with van der Waals surface area (Å²) in [4.78, 5) is 41.1. The van der Waals surface area contributed by atoms with Crippen molar-refractivity contribution in [2.75, 3.05) is 29.9 Å². The fourth-order valence-corrected chi connectivity index (χ4v) is 4.55. The Kier molecular flexibility index (Phi) is 6.13. The highest BCUT2D eigenvalue weighted by Gasteiger charge is 2.36. The molecule has 31 heavy (non-hydrogen) atoms. The number of nitrogens with zero attached hydrogens (tertiary/aromatic N) is 2. The number of benzene rings is 2. The summed E-state index contributed by atoms with van der Waals surface area (Å²) in [6, 6.07) is 13.6. The second-order valence-electron chi connectivity index (χ2n) is 7.90. The zero-order valence-corrected chi connectivity index (χ0v) is 18.5. The van der Waals surface area contributed by atoms with Crippen molar-refractivity contribution in [3.05, 3.63) is 64.1 Å². The van der Waals surface area contributed by atoms with Gasteiger partial charge < -0.3 is 10.2 Å². The Hall–Kier alpha value is -3.06. The fraction of sp³-hybridized carbons (Fsp3) is 0.292. The van der Waals surface area contributed by atoms with Crippen molar-refractivity contribution in [1.82, 2.24) is 4.90 Å². The molecule has 4 rings (SSSR count). The van der Waals surface area contributed by atoms with Gasteiger partial charge in [-0.05, 0) is 85.5 Å². The van der Waals surface area contributed by atoms with Gasteiger partial charge in [0.15, 0.2) is 0 Å². The minimum Gasteiger partial charge on any atom is -0.372 e. The summed E-state index contributed by atoms with van der Waals surface area (Å²) in [5, 5.41) is 2.33. The second-order valence-corrected chi connectivity index (χ2v) is 8.89. The van der Waals surface area contributed by atoms with Crippen LogP contribution < -0.4 is 10.2 Å². The van der Waals surface area contributed by atoms with Gasteiger partial charge in [0.25, 0.3) is 11.1 Å². The van der Waals surface area contributed by atoms with Gasteiger partial charge in [0, 0.05) is 24.5 Å². The molecule has 2 heterocycles. The monoisotopic (exact) mass is 435 g/mol. The van der Waals surface area contributed by atoms with Crippen LogP contribution in [0.2, 0.25) is 0 Å². The smallest absolute Gasteiger partial charge is 0.294 e. The number of hydrogen-bond donors (Lipinski definition) is 1. The molecule has 7 heteroatoms. The SMILES string of the molecule is Cc1ccc(NC(=O)CN2C(=O)S/C(=C\c3ccc(N4CCCC4)cc3)C2=O)cc1C. The molecule has 3 amide bonds. The zero-order chi connectivity index (χ0) is 22.0. The summed E-state index contributed by atoms with van der Waals surface area (Å²) in [6.45, 7) is 5.80. The molecule has 0 saturated carbocycles. The number of rotatable bonds is 5. The maximum absolute atomic E-state index is 12.7. The maximum atomic E-state index is 12.7. The Balaban J connectivity index is 1.40. The van der Waals surface area contributed by atoms with Gasteiger partial charge in [0.05, 0.1) is 4.91 Å². The molecule has 0 atom stereocenters. The molecule has 1 N–H and O–H groups in total. The first-order chi connectivity index (χ1) is 14.9. The van der Waals surface area contributed by atoms with Crippen molar-refractivity contribution >= 4 is 46.3 Å². The van der Waals surface area contributed by atoms with Crippen LogP contribution in [0, 0.1) is 13.8 Å². The highest BCUT2D eigenvalue weighted by molar-refractivity contribution is 8.18. The summed E-state index contributed by atoms with van der Waals surface area (Å²) in [5.74, 6) is -0.837. The van der Waals surface area contributed by atoms with E-state index in [0.717, 1.165) is 46.4 Å². The third kappa shape index (κ3) is 4.82. The minimum atomic E-state index is -0.436. The molecule has 0 aliphatic carbocycles. The minimum absolute atomic E-state index is 0.303. The first-order valence-electron chi connectivity index (χ1n) is 10.4. The van der Waals surface area contributed by atoms with E-state index in [2.05, 4.69) is 10.2 Å². The first kappa shape index (κ1) is 21.2. The Morgan fingerprint density at radius 1 is 1.03 bits per heavy atom. The van der Waals surface area contributed by atoms with E-state index in [1.807, 2.05) is 50.2 Å². The molecule has 6 nitrogen and oxygen atoms in total. The average Bonchev–Trinajstić information content (AvgIpc) is 3.36. The lowest BCUT2D eigenvalue weighted by Crippen LogP contribution is -2.36. The van der Waals surface area contributed by atoms with Crippen LogP contribution in [0.5, 0.6) is 0 Å². The molecule has 0 unspecified atom stereocenters. The van der Waals surface area contributed by atoms with Crippen molar-refractivity contribution < 1.29 is 14.4 Å². The van der Waals surface area contributed by atoms with E-state index in [-0.39, 0.29) is 6.54 Å². The van der Waals surface area contributed by atoms with Crippen molar-refractivity contribution in [3.8, 4) is 0 Å². The summed E-state index contributed by atoms with van der Waals surface area (Å²) in [5.41, 5.74) is 4.86. The highest BCUT2D eigenvalue weighted by atomic mass is 32.2. The number of carbonyl (C=O) groups excluding carboxylic acids is 3. The standard InChI is InChI=1S/C24H25N3O3S/c1-16-5-8-19(13-17(16)2)25-22(28)15-27-23(29)21(31-24(27)30)14-18-6-9-20(10-7-18)26-11-3-4-12-26/h5-10,13-14H,3-4,11-12,15H2,1-2H3,(H,25,28)/b21-14-. The Morgan fingerprint density at radius 3 is 2.42 bits per heavy atom. The number of imide groups is 1. The summed E-state index contributed by atoms with van der Waals surface area (Å²) >= 11 is 0.867. The Bertz CT molecular complexity index is 1060. The van der Waals surface area contributed by atoms with Gasteiger partial charge in [-0.2, -0.15) is 0 Å². The van der Waals surface area contributed by atoms with Gasteiger partial charge >= 0.3 is 0 Å². The summed E-state index contributed by atoms with van der Waals surface area (Å²) < 4.78 is 0. The van der Waals surface area contributed by atoms with E-state index in [1.165, 1.54) is 18.5 Å². The lowest BCUT2D eigenvalue weighted by atomic mass is 10.1. The topological polar surface area (TPSA) is 69.7 Å². The molecule has 160 valence electrons. The number of aryl methyl sites for hydroxylation is 2. The van der Waals surface area contributed by atoms with Gasteiger partial charge in [-0.15, -0.1) is 0 Å². The van der Waals surface area contributed by atoms with Crippen LogP contribution in [0.4, 0.5) is 16.2 Å². The molecule has 2 fully saturated rings. The largest absolute Gasteiger partial charge is 0.372 e. The molecule has 2 aliphatic heterocycles. The first-order valence-corrected chi connectivity index (χ1v) is 11.2. The lowest BCUT2D eigenvalue weighted by Gasteiger charge is -2.17. The van der Waals surface area contributed by atoms with Crippen molar-refractivity contribution in [3.63, 3.8) is 0 Å². The van der Waals surface area contributed by atoms with Crippen LogP contribution in [0.15, 0.2) is 47.4 Å². The quantitative estimate of drug-likeness (QED) is 0.697. The lowest BCUT2D eigenvalue weighted by molar-refractivity contribution is -0.127. The fourth-order valence-electron chi connectivity index (χ4n) is 3.71. The van der Waals surface area contributed by atoms with Gasteiger partial charge in [-0.25, -0.2) is 0 Å². The third-order valence-corrected chi connectivity index (χ3v) is 6.54. The number of thioether (sulfide) groups is 1. The third-order valence-electron chi connectivity index (χ3n) is 5.63. The van der Waals surface area contributed by atoms with Crippen LogP contribution in [0.25, 0.3) is 6.08 Å².